The molecule has 0 saturated heterocycles. The van der Waals surface area contributed by atoms with Gasteiger partial charge >= 0.3 is 6.18 Å². The fourth-order valence-electron chi connectivity index (χ4n) is 1.38. The van der Waals surface area contributed by atoms with Gasteiger partial charge in [-0.2, -0.15) is 13.2 Å². The number of hydrogen-bond donors (Lipinski definition) is 2. The van der Waals surface area contributed by atoms with Crippen LogP contribution < -0.4 is 11.1 Å². The Labute approximate surface area is 117 Å². The molecule has 0 aromatic heterocycles. The molecule has 112 valence electrons. The number of anilines is 1. The van der Waals surface area contributed by atoms with Crippen molar-refractivity contribution in [3.8, 4) is 0 Å². The summed E-state index contributed by atoms with van der Waals surface area (Å²) in [6.45, 7) is 1.75. The van der Waals surface area contributed by atoms with Crippen molar-refractivity contribution in [2.75, 3.05) is 18.5 Å². The Morgan fingerprint density at radius 3 is 2.55 bits per heavy atom. The van der Waals surface area contributed by atoms with Crippen LogP contribution in [0.3, 0.4) is 0 Å². The number of nitrogen functional groups attached to an aromatic ring is 1. The van der Waals surface area contributed by atoms with Crippen LogP contribution in [0, 0.1) is 0 Å². The van der Waals surface area contributed by atoms with Crippen molar-refractivity contribution in [3.63, 3.8) is 0 Å². The lowest BCUT2D eigenvalue weighted by Gasteiger charge is -2.13. The van der Waals surface area contributed by atoms with E-state index < -0.39 is 28.4 Å². The van der Waals surface area contributed by atoms with Gasteiger partial charge in [-0.3, -0.25) is 9.00 Å². The maximum absolute atomic E-state index is 12.6. The first kappa shape index (κ1) is 16.5. The van der Waals surface area contributed by atoms with Crippen molar-refractivity contribution < 1.29 is 22.2 Å². The molecule has 20 heavy (non-hydrogen) atoms. The van der Waals surface area contributed by atoms with Gasteiger partial charge in [-0.25, -0.2) is 0 Å². The summed E-state index contributed by atoms with van der Waals surface area (Å²) in [5, 5.41) is 2.12. The highest BCUT2D eigenvalue weighted by Crippen LogP contribution is 2.31. The molecule has 0 aliphatic heterocycles. The van der Waals surface area contributed by atoms with Crippen LogP contribution in [-0.2, 0) is 17.0 Å². The summed E-state index contributed by atoms with van der Waals surface area (Å²) in [4.78, 5) is 11.8. The van der Waals surface area contributed by atoms with E-state index in [0.29, 0.717) is 6.07 Å². The van der Waals surface area contributed by atoms with Crippen molar-refractivity contribution in [1.82, 2.24) is 5.32 Å². The van der Waals surface area contributed by atoms with Crippen molar-refractivity contribution in [3.05, 3.63) is 29.3 Å². The average molecular weight is 308 g/mol. The Kier molecular flexibility index (Phi) is 5.15. The van der Waals surface area contributed by atoms with E-state index in [4.69, 9.17) is 5.73 Å². The Hall–Kier alpha value is -1.57. The molecular weight excluding hydrogens is 293 g/mol. The molecule has 3 N–H and O–H groups in total. The maximum atomic E-state index is 12.6. The van der Waals surface area contributed by atoms with E-state index >= 15 is 0 Å². The Bertz CT molecular complexity index is 532. The predicted molar refractivity (Wildman–Crippen MR) is 71.7 cm³/mol. The Morgan fingerprint density at radius 2 is 2.05 bits per heavy atom. The fourth-order valence-corrected chi connectivity index (χ4v) is 1.70. The number of carbonyl (C=O) groups is 1. The molecule has 2 unspecified atom stereocenters. The zero-order valence-electron chi connectivity index (χ0n) is 11.0. The van der Waals surface area contributed by atoms with E-state index in [-0.39, 0.29) is 23.0 Å². The van der Waals surface area contributed by atoms with E-state index in [1.54, 1.807) is 6.92 Å². The van der Waals surface area contributed by atoms with Crippen LogP contribution in [0.4, 0.5) is 18.9 Å². The maximum Gasteiger partial charge on any atom is 0.416 e. The van der Waals surface area contributed by atoms with E-state index in [1.165, 1.54) is 6.26 Å². The number of carbonyl (C=O) groups excluding carboxylic acids is 1. The first-order chi connectivity index (χ1) is 9.12. The van der Waals surface area contributed by atoms with Crippen LogP contribution in [0.25, 0.3) is 0 Å². The number of halogens is 3. The second-order valence-electron chi connectivity index (χ2n) is 4.32. The Balaban J connectivity index is 2.90. The van der Waals surface area contributed by atoms with Gasteiger partial charge in [-0.15, -0.1) is 0 Å². The minimum atomic E-state index is -4.54. The van der Waals surface area contributed by atoms with Gasteiger partial charge in [0, 0.05) is 34.5 Å². The van der Waals surface area contributed by atoms with E-state index in [0.717, 1.165) is 12.1 Å². The normalized spacial score (nSPS) is 14.7. The quantitative estimate of drug-likeness (QED) is 0.833. The van der Waals surface area contributed by atoms with Gasteiger partial charge in [0.1, 0.15) is 0 Å². The molecule has 8 heteroatoms. The van der Waals surface area contributed by atoms with Crippen LogP contribution in [-0.4, -0.2) is 28.2 Å². The van der Waals surface area contributed by atoms with Crippen molar-refractivity contribution >= 4 is 22.4 Å². The third kappa shape index (κ3) is 4.22. The molecule has 0 aliphatic carbocycles. The van der Waals surface area contributed by atoms with Gasteiger partial charge in [0.2, 0.25) is 0 Å². The molecule has 2 atom stereocenters. The largest absolute Gasteiger partial charge is 0.416 e. The van der Waals surface area contributed by atoms with Crippen molar-refractivity contribution in [2.45, 2.75) is 18.3 Å². The minimum Gasteiger partial charge on any atom is -0.398 e. The minimum absolute atomic E-state index is 0.0410. The van der Waals surface area contributed by atoms with Crippen LogP contribution in [0.1, 0.15) is 22.8 Å². The average Bonchev–Trinajstić information content (AvgIpc) is 2.34. The predicted octanol–water partition coefficient (Wildman–Crippen LogP) is 1.78. The SMILES string of the molecule is CC(CNC(=O)c1cc(C(F)(F)F)ccc1N)S(C)=O. The molecule has 0 heterocycles. The molecule has 0 fully saturated rings. The molecule has 1 aromatic carbocycles. The second-order valence-corrected chi connectivity index (χ2v) is 6.12. The second kappa shape index (κ2) is 6.25. The smallest absolute Gasteiger partial charge is 0.398 e. The molecule has 1 aromatic rings. The summed E-state index contributed by atoms with van der Waals surface area (Å²) >= 11 is 0. The monoisotopic (exact) mass is 308 g/mol. The molecule has 0 radical (unpaired) electrons. The topological polar surface area (TPSA) is 72.2 Å². The van der Waals surface area contributed by atoms with Gasteiger partial charge in [-0.05, 0) is 25.1 Å². The standard InChI is InChI=1S/C12H15F3N2O2S/c1-7(20(2)19)6-17-11(18)9-5-8(12(13,14)15)3-4-10(9)16/h3-5,7H,6,16H2,1-2H3,(H,17,18). The van der Waals surface area contributed by atoms with Gasteiger partial charge in [0.25, 0.3) is 5.91 Å². The lowest BCUT2D eigenvalue weighted by atomic mass is 10.1. The summed E-state index contributed by atoms with van der Waals surface area (Å²) < 4.78 is 48.8. The van der Waals surface area contributed by atoms with Crippen LogP contribution in [0.5, 0.6) is 0 Å². The molecule has 1 rings (SSSR count). The lowest BCUT2D eigenvalue weighted by molar-refractivity contribution is -0.137. The van der Waals surface area contributed by atoms with E-state index in [9.17, 15) is 22.2 Å². The molecule has 0 bridgehead atoms. The molecule has 1 amide bonds. The third-order valence-electron chi connectivity index (χ3n) is 2.74. The molecule has 0 aliphatic rings. The number of hydrogen-bond acceptors (Lipinski definition) is 3. The van der Waals surface area contributed by atoms with E-state index in [1.807, 2.05) is 0 Å². The Morgan fingerprint density at radius 1 is 1.45 bits per heavy atom. The number of rotatable bonds is 4. The summed E-state index contributed by atoms with van der Waals surface area (Å²) in [5.41, 5.74) is 4.29. The van der Waals surface area contributed by atoms with Crippen LogP contribution in [0.2, 0.25) is 0 Å². The summed E-state index contributed by atoms with van der Waals surface area (Å²) in [7, 11) is -1.13. The van der Waals surface area contributed by atoms with Gasteiger partial charge in [-0.1, -0.05) is 0 Å². The fraction of sp³-hybridized carbons (Fsp3) is 0.417. The van der Waals surface area contributed by atoms with Crippen LogP contribution >= 0.6 is 0 Å². The lowest BCUT2D eigenvalue weighted by Crippen LogP contribution is -2.33. The molecule has 0 spiro atoms. The van der Waals surface area contributed by atoms with Crippen LogP contribution in [0.15, 0.2) is 18.2 Å². The summed E-state index contributed by atoms with van der Waals surface area (Å²) in [6, 6.07) is 2.56. The molecule has 4 nitrogen and oxygen atoms in total. The molecular formula is C12H15F3N2O2S. The summed E-state index contributed by atoms with van der Waals surface area (Å²) in [6.07, 6.45) is -3.06. The number of alkyl halides is 3. The number of amides is 1. The highest BCUT2D eigenvalue weighted by Gasteiger charge is 2.31. The zero-order valence-corrected chi connectivity index (χ0v) is 11.8. The number of nitrogens with one attached hydrogen (secondary N) is 1. The van der Waals surface area contributed by atoms with Gasteiger partial charge in [0.05, 0.1) is 11.1 Å². The summed E-state index contributed by atoms with van der Waals surface area (Å²) in [5.74, 6) is -0.717. The first-order valence-corrected chi connectivity index (χ1v) is 7.32. The number of benzene rings is 1. The third-order valence-corrected chi connectivity index (χ3v) is 4.04. The van der Waals surface area contributed by atoms with Gasteiger partial charge in [0.15, 0.2) is 0 Å². The van der Waals surface area contributed by atoms with E-state index in [2.05, 4.69) is 5.32 Å². The molecule has 0 saturated carbocycles. The first-order valence-electron chi connectivity index (χ1n) is 5.70. The van der Waals surface area contributed by atoms with Gasteiger partial charge < -0.3 is 11.1 Å². The highest BCUT2D eigenvalue weighted by atomic mass is 32.2. The number of nitrogens with two attached hydrogens (primary N) is 1. The van der Waals surface area contributed by atoms with Crippen molar-refractivity contribution in [2.24, 2.45) is 0 Å². The van der Waals surface area contributed by atoms with Crippen molar-refractivity contribution in [1.29, 1.82) is 0 Å². The highest BCUT2D eigenvalue weighted by molar-refractivity contribution is 7.84. The zero-order chi connectivity index (χ0) is 15.5.